The molecule has 0 amide bonds. The second kappa shape index (κ2) is 12.5. The van der Waals surface area contributed by atoms with Crippen molar-refractivity contribution in [3.8, 4) is 0 Å². The normalized spacial score (nSPS) is 30.3. The zero-order chi connectivity index (χ0) is 15.4. The number of hydrogen-bond acceptors (Lipinski definition) is 0. The first-order valence-electron chi connectivity index (χ1n) is 9.23. The summed E-state index contributed by atoms with van der Waals surface area (Å²) < 4.78 is 0. The van der Waals surface area contributed by atoms with Gasteiger partial charge >= 0.3 is 25.8 Å². The molecule has 0 heterocycles. The summed E-state index contributed by atoms with van der Waals surface area (Å²) in [6.45, 7) is 4.57. The van der Waals surface area contributed by atoms with E-state index in [9.17, 15) is 0 Å². The van der Waals surface area contributed by atoms with E-state index in [0.717, 1.165) is 23.7 Å². The third kappa shape index (κ3) is 6.67. The summed E-state index contributed by atoms with van der Waals surface area (Å²) in [4.78, 5) is 0. The molecule has 0 nitrogen and oxygen atoms in total. The molecule has 0 spiro atoms. The van der Waals surface area contributed by atoms with Gasteiger partial charge in [-0.3, -0.25) is 0 Å². The number of rotatable bonds is 2. The molecule has 136 valence electrons. The van der Waals surface area contributed by atoms with E-state index in [4.69, 9.17) is 0 Å². The maximum atomic E-state index is 2.47. The van der Waals surface area contributed by atoms with E-state index in [-0.39, 0.29) is 50.7 Å². The molecule has 0 aliphatic heterocycles. The van der Waals surface area contributed by atoms with Crippen LogP contribution in [0.4, 0.5) is 0 Å². The molecule has 4 aliphatic rings. The second-order valence-electron chi connectivity index (χ2n) is 7.20. The maximum Gasteiger partial charge on any atom is 4.00 e. The van der Waals surface area contributed by atoms with Crippen LogP contribution in [-0.4, -0.2) is 0 Å². The fourth-order valence-electron chi connectivity index (χ4n) is 4.22. The summed E-state index contributed by atoms with van der Waals surface area (Å²) >= 11 is 0. The standard InChI is InChI=1S/2C11H15.2ClH.Hf/c2*1-2-9-7-10-5-3-4-6-11(10)8-9;;;/h2*3-5,7,9,11H,2,6,8H2,1H3;2*1H;/q2*-1;;;+4/p-2. The van der Waals surface area contributed by atoms with Crippen molar-refractivity contribution in [1.82, 2.24) is 0 Å². The fraction of sp³-hybridized carbons (Fsp3) is 0.545. The van der Waals surface area contributed by atoms with Gasteiger partial charge in [-0.25, -0.2) is 36.1 Å². The molecule has 4 aliphatic carbocycles. The van der Waals surface area contributed by atoms with Crippen LogP contribution in [0.1, 0.15) is 52.4 Å². The Balaban J connectivity index is 0.000000411. The van der Waals surface area contributed by atoms with Crippen LogP contribution in [0.2, 0.25) is 0 Å². The first-order valence-corrected chi connectivity index (χ1v) is 9.23. The van der Waals surface area contributed by atoms with Crippen molar-refractivity contribution in [2.24, 2.45) is 23.7 Å². The van der Waals surface area contributed by atoms with E-state index in [0.29, 0.717) is 0 Å². The second-order valence-corrected chi connectivity index (χ2v) is 7.20. The van der Waals surface area contributed by atoms with Gasteiger partial charge in [-0.15, -0.1) is 24.3 Å². The molecule has 4 unspecified atom stereocenters. The van der Waals surface area contributed by atoms with Crippen LogP contribution in [0.25, 0.3) is 0 Å². The Morgan fingerprint density at radius 1 is 0.800 bits per heavy atom. The summed E-state index contributed by atoms with van der Waals surface area (Å²) in [6.07, 6.45) is 26.4. The van der Waals surface area contributed by atoms with Gasteiger partial charge in [-0.2, -0.15) is 0 Å². The number of halogens is 2. The third-order valence-electron chi connectivity index (χ3n) is 5.71. The molecule has 0 bridgehead atoms. The fourth-order valence-corrected chi connectivity index (χ4v) is 4.22. The maximum absolute atomic E-state index is 2.47. The first-order chi connectivity index (χ1) is 10.8. The average Bonchev–Trinajstić information content (AvgIpc) is 3.18. The zero-order valence-corrected chi connectivity index (χ0v) is 20.5. The molecular weight excluding hydrogens is 514 g/mol. The Morgan fingerprint density at radius 2 is 1.20 bits per heavy atom. The SMILES string of the molecule is CCC1[CH-]C2=CC=CCC2C1.CCC1[CH-]C2=CC=CCC2C1.[Cl-].[Cl-].[Hf+4]. The molecule has 0 radical (unpaired) electrons. The molecular formula is C22H30Cl2Hf. The predicted octanol–water partition coefficient (Wildman–Crippen LogP) is 0.252. The van der Waals surface area contributed by atoms with Gasteiger partial charge in [-0.05, 0) is 24.7 Å². The summed E-state index contributed by atoms with van der Waals surface area (Å²) in [5.41, 5.74) is 3.19. The number of hydrogen-bond donors (Lipinski definition) is 0. The van der Waals surface area contributed by atoms with Crippen molar-refractivity contribution < 1.29 is 50.7 Å². The van der Waals surface area contributed by atoms with Crippen LogP contribution in [0.3, 0.4) is 0 Å². The Hall–Kier alpha value is 0.150. The topological polar surface area (TPSA) is 0 Å². The Bertz CT molecular complexity index is 458. The molecule has 25 heavy (non-hydrogen) atoms. The van der Waals surface area contributed by atoms with Gasteiger partial charge in [0, 0.05) is 0 Å². The summed E-state index contributed by atoms with van der Waals surface area (Å²) in [7, 11) is 0. The van der Waals surface area contributed by atoms with Crippen LogP contribution in [0.15, 0.2) is 47.6 Å². The minimum atomic E-state index is 0. The number of allylic oxidation sites excluding steroid dienone is 8. The first kappa shape index (κ1) is 25.2. The largest absolute Gasteiger partial charge is 4.00 e. The van der Waals surface area contributed by atoms with E-state index in [1.54, 1.807) is 11.1 Å². The average molecular weight is 544 g/mol. The Labute approximate surface area is 186 Å². The quantitative estimate of drug-likeness (QED) is 0.346. The smallest absolute Gasteiger partial charge is 1.00 e. The van der Waals surface area contributed by atoms with Crippen molar-refractivity contribution in [1.29, 1.82) is 0 Å². The van der Waals surface area contributed by atoms with Crippen molar-refractivity contribution in [3.05, 3.63) is 60.4 Å². The molecule has 0 aromatic rings. The Kier molecular flexibility index (Phi) is 12.6. The van der Waals surface area contributed by atoms with Gasteiger partial charge < -0.3 is 24.8 Å². The van der Waals surface area contributed by atoms with E-state index in [1.807, 2.05) is 0 Å². The van der Waals surface area contributed by atoms with E-state index < -0.39 is 0 Å². The molecule has 0 aromatic heterocycles. The zero-order valence-electron chi connectivity index (χ0n) is 15.4. The van der Waals surface area contributed by atoms with Crippen molar-refractivity contribution in [2.75, 3.05) is 0 Å². The van der Waals surface area contributed by atoms with E-state index >= 15 is 0 Å². The number of fused-ring (bicyclic) bond motifs is 2. The molecule has 2 fully saturated rings. The van der Waals surface area contributed by atoms with E-state index in [1.165, 1.54) is 38.5 Å². The van der Waals surface area contributed by atoms with E-state index in [2.05, 4.69) is 63.1 Å². The van der Waals surface area contributed by atoms with Crippen molar-refractivity contribution in [3.63, 3.8) is 0 Å². The molecule has 3 heteroatoms. The summed E-state index contributed by atoms with van der Waals surface area (Å²) in [6, 6.07) is 0. The van der Waals surface area contributed by atoms with Crippen LogP contribution >= 0.6 is 0 Å². The third-order valence-corrected chi connectivity index (χ3v) is 5.71. The summed E-state index contributed by atoms with van der Waals surface area (Å²) in [5, 5.41) is 0. The molecule has 0 N–H and O–H groups in total. The van der Waals surface area contributed by atoms with Crippen LogP contribution in [0, 0.1) is 36.5 Å². The van der Waals surface area contributed by atoms with Crippen molar-refractivity contribution in [2.45, 2.75) is 52.4 Å². The van der Waals surface area contributed by atoms with Gasteiger partial charge in [0.15, 0.2) is 0 Å². The van der Waals surface area contributed by atoms with Crippen molar-refractivity contribution >= 4 is 0 Å². The molecule has 0 saturated heterocycles. The van der Waals surface area contributed by atoms with Gasteiger partial charge in [0.05, 0.1) is 0 Å². The van der Waals surface area contributed by atoms with Crippen LogP contribution in [0.5, 0.6) is 0 Å². The molecule has 4 atom stereocenters. The minimum Gasteiger partial charge on any atom is -1.00 e. The van der Waals surface area contributed by atoms with Crippen LogP contribution in [-0.2, 0) is 25.8 Å². The van der Waals surface area contributed by atoms with Gasteiger partial charge in [0.2, 0.25) is 0 Å². The molecule has 2 saturated carbocycles. The summed E-state index contributed by atoms with van der Waals surface area (Å²) in [5.74, 6) is 3.46. The monoisotopic (exact) mass is 544 g/mol. The predicted molar refractivity (Wildman–Crippen MR) is 96.1 cm³/mol. The Morgan fingerprint density at radius 3 is 1.52 bits per heavy atom. The molecule has 0 aromatic carbocycles. The van der Waals surface area contributed by atoms with Crippen LogP contribution < -0.4 is 24.8 Å². The van der Waals surface area contributed by atoms with Gasteiger partial charge in [0.25, 0.3) is 0 Å². The minimum absolute atomic E-state index is 0. The van der Waals surface area contributed by atoms with Gasteiger partial charge in [-0.1, -0.05) is 51.4 Å². The molecule has 4 rings (SSSR count). The van der Waals surface area contributed by atoms with Gasteiger partial charge in [0.1, 0.15) is 0 Å².